The maximum absolute atomic E-state index is 14.2. The zero-order valence-electron chi connectivity index (χ0n) is 60.7. The number of carboxylic acid groups (broad SMARTS) is 1. The van der Waals surface area contributed by atoms with E-state index in [0.29, 0.717) is 33.9 Å². The molecule has 10 N–H and O–H groups in total. The number of aliphatic hydroxyl groups excluding tert-OH is 3. The SMILES string of the molecule is CC1(C)S[C@@H]2[C@H](NC(=O)[C@H](N)c3ccc(O)cc3)C(=O)N2[C@H]1C(=O)O.CC[C@H]1OC(=O)[C@H](C)[C@@H](O[C@H]2C[C@@](C)(OC)[C@@H](O)[C@H](C)O2)C(C)[C@@H](O[C@@H]2O[C@H](C)C[C@H](N(C)C)[C@H]2O)[C@](C)(OC)C[C@@H](C)C(=O)[C@H](C)[C@@H](O)[C@]1(C)O.Cc1c(OCC(F)(F)F)ccnc1CS(=O)c1nc2ccccc2[nH]1. The van der Waals surface area contributed by atoms with Crippen LogP contribution in [0.25, 0.3) is 11.0 Å². The highest BCUT2D eigenvalue weighted by Gasteiger charge is 2.64. The Morgan fingerprint density at radius 3 is 2.14 bits per heavy atom. The molecule has 32 heteroatoms. The lowest BCUT2D eigenvalue weighted by Crippen LogP contribution is -2.71. The van der Waals surface area contributed by atoms with E-state index in [0.717, 1.165) is 5.52 Å². The van der Waals surface area contributed by atoms with Crippen LogP contribution in [0.4, 0.5) is 13.2 Å². The second-order valence-electron chi connectivity index (χ2n) is 28.6. The summed E-state index contributed by atoms with van der Waals surface area (Å²) < 4.78 is 97.4. The van der Waals surface area contributed by atoms with E-state index < -0.39 is 171 Å². The van der Waals surface area contributed by atoms with Crippen LogP contribution in [-0.2, 0) is 73.7 Å². The molecule has 102 heavy (non-hydrogen) atoms. The molecule has 0 saturated carbocycles. The van der Waals surface area contributed by atoms with E-state index in [4.69, 9.17) is 43.6 Å². The van der Waals surface area contributed by atoms with E-state index in [-0.39, 0.29) is 54.4 Å². The average molecular weight is 1480 g/mol. The van der Waals surface area contributed by atoms with Crippen LogP contribution in [0.3, 0.4) is 0 Å². The van der Waals surface area contributed by atoms with Gasteiger partial charge in [-0.2, -0.15) is 13.2 Å². The molecule has 0 spiro atoms. The summed E-state index contributed by atoms with van der Waals surface area (Å²) in [6.45, 7) is 20.8. The van der Waals surface area contributed by atoms with Gasteiger partial charge in [-0.3, -0.25) is 28.4 Å². The second kappa shape index (κ2) is 33.6. The minimum atomic E-state index is -4.42. The van der Waals surface area contributed by atoms with E-state index in [2.05, 4.69) is 20.3 Å². The Bertz CT molecular complexity index is 3540. The molecule has 9 rings (SSSR count). The molecule has 5 saturated heterocycles. The first-order valence-corrected chi connectivity index (χ1v) is 36.1. The second-order valence-corrected chi connectivity index (χ2v) is 31.8. The van der Waals surface area contributed by atoms with Gasteiger partial charge in [0.05, 0.1) is 80.9 Å². The van der Waals surface area contributed by atoms with Gasteiger partial charge in [0.1, 0.15) is 64.7 Å². The normalized spacial score (nSPS) is 35.1. The van der Waals surface area contributed by atoms with E-state index in [1.165, 1.54) is 74.3 Å². The number of halogens is 3. The molecule has 2 unspecified atom stereocenters. The number of esters is 1. The van der Waals surface area contributed by atoms with Crippen LogP contribution in [0.15, 0.2) is 66.0 Å². The molecule has 4 aromatic rings. The highest BCUT2D eigenvalue weighted by molar-refractivity contribution is 8.01. The fraction of sp³-hybridized carbons (Fsp3) is 0.671. The largest absolute Gasteiger partial charge is 0.508 e. The number of rotatable bonds is 17. The number of carbonyl (C=O) groups excluding carboxylic acids is 4. The van der Waals surface area contributed by atoms with Gasteiger partial charge in [0, 0.05) is 60.9 Å². The fourth-order valence-corrected chi connectivity index (χ4v) is 16.8. The molecule has 0 aliphatic carbocycles. The summed E-state index contributed by atoms with van der Waals surface area (Å²) in [5.41, 5.74) is 4.45. The smallest absolute Gasteiger partial charge is 0.422 e. The number of Topliss-reactive ketones (excluding diaryl/α,β-unsaturated/α-hetero) is 1. The number of aliphatic carboxylic acids is 1. The number of carboxylic acids is 1. The number of nitrogens with one attached hydrogen (secondary N) is 2. The molecule has 27 nitrogen and oxygen atoms in total. The van der Waals surface area contributed by atoms with Gasteiger partial charge in [0.25, 0.3) is 0 Å². The first-order chi connectivity index (χ1) is 47.4. The minimum Gasteiger partial charge on any atom is -0.508 e. The number of likely N-dealkylation sites (N-methyl/N-ethyl adjacent to an activating group) is 1. The number of amides is 2. The number of aromatic hydroxyl groups is 1. The van der Waals surface area contributed by atoms with Gasteiger partial charge >= 0.3 is 18.1 Å². The number of hydrogen-bond acceptors (Lipinski definition) is 24. The molecular formula is C70H102F3N7O20S2. The van der Waals surface area contributed by atoms with Crippen molar-refractivity contribution in [2.45, 2.75) is 245 Å². The van der Waals surface area contributed by atoms with Crippen molar-refractivity contribution in [3.8, 4) is 11.5 Å². The van der Waals surface area contributed by atoms with E-state index in [1.54, 1.807) is 75.3 Å². The Morgan fingerprint density at radius 1 is 0.912 bits per heavy atom. The lowest BCUT2D eigenvalue weighted by atomic mass is 9.74. The van der Waals surface area contributed by atoms with Gasteiger partial charge in [-0.15, -0.1) is 11.8 Å². The average Bonchev–Trinajstić information content (AvgIpc) is 1.55. The number of alkyl halides is 3. The molecule has 0 bridgehead atoms. The maximum Gasteiger partial charge on any atom is 0.422 e. The van der Waals surface area contributed by atoms with Gasteiger partial charge in [-0.1, -0.05) is 52.0 Å². The zero-order chi connectivity index (χ0) is 76.2. The van der Waals surface area contributed by atoms with Crippen molar-refractivity contribution in [2.24, 2.45) is 29.4 Å². The standard InChI is InChI=1S/C38H69NO13.C16H14F3N3O2S.C16H19N3O5S/c1-15-26-38(10,45)31(42)21(4)28(40)19(2)17-37(9,47-14)33(52-35-29(41)25(39(11)12)16-20(3)48-35)22(5)30(23(6)34(44)50-26)51-27-18-36(8,46-13)32(43)24(7)49-27;1-10-13(20-7-6-14(10)24-9-16(17,18)19)8-25(23)15-21-11-4-2-3-5-12(11)22-15;1-16(2)11(15(23)24)19-13(22)10(14(19)25-16)18-12(21)9(17)7-3-5-8(20)6-4-7/h19-27,29-33,35,41-43,45H,15-18H2,1-14H3;2-7H,8-9H2,1H3,(H,21,22);3-6,9-11,14,20H,17H2,1-2H3,(H,18,21)(H,23,24)/t19-,20-,21+,22?,23-,24+,25+,26-,27+,29-,30+,31-,32+,33-,35+,36-,37-,38-;;9-,10-,11+,14-/m1.1/s1. The topological polar surface area (TPSA) is 384 Å². The van der Waals surface area contributed by atoms with Crippen LogP contribution < -0.4 is 15.8 Å². The number of aromatic amines is 1. The number of para-hydroxylation sites is 2. The van der Waals surface area contributed by atoms with Crippen molar-refractivity contribution in [3.63, 3.8) is 0 Å². The molecule has 23 atom stereocenters. The number of pyridine rings is 1. The third-order valence-corrected chi connectivity index (χ3v) is 23.0. The molecule has 5 fully saturated rings. The Kier molecular flexibility index (Phi) is 27.5. The number of hydrogen-bond donors (Lipinski definition) is 9. The van der Waals surface area contributed by atoms with Crippen LogP contribution in [0.1, 0.15) is 132 Å². The third-order valence-electron chi connectivity index (χ3n) is 20.3. The number of ether oxygens (including phenoxy) is 8. The summed E-state index contributed by atoms with van der Waals surface area (Å²) in [6.07, 6.45) is -11.8. The number of nitrogens with zero attached hydrogens (tertiary/aromatic N) is 4. The number of β-lactam (4-membered cyclic amide) rings is 1. The first-order valence-electron chi connectivity index (χ1n) is 33.9. The fourth-order valence-electron chi connectivity index (χ4n) is 14.1. The lowest BCUT2D eigenvalue weighted by molar-refractivity contribution is -0.319. The number of imidazole rings is 1. The summed E-state index contributed by atoms with van der Waals surface area (Å²) in [4.78, 5) is 78.9. The van der Waals surface area contributed by atoms with E-state index in [1.807, 2.05) is 51.0 Å². The van der Waals surface area contributed by atoms with Crippen molar-refractivity contribution >= 4 is 63.1 Å². The summed E-state index contributed by atoms with van der Waals surface area (Å²) in [6, 6.07) is 11.5. The van der Waals surface area contributed by atoms with Crippen molar-refractivity contribution in [3.05, 3.63) is 77.6 Å². The van der Waals surface area contributed by atoms with Crippen molar-refractivity contribution in [1.29, 1.82) is 0 Å². The summed E-state index contributed by atoms with van der Waals surface area (Å²) in [5.74, 6) is -6.31. The van der Waals surface area contributed by atoms with Crippen LogP contribution >= 0.6 is 11.8 Å². The minimum absolute atomic E-state index is 0.0227. The number of nitrogens with two attached hydrogens (primary N) is 1. The Balaban J connectivity index is 0.000000240. The molecule has 7 heterocycles. The number of cyclic esters (lactones) is 1. The number of phenolic OH excluding ortho intramolecular Hbond substituents is 1. The third kappa shape index (κ3) is 18.8. The maximum atomic E-state index is 14.2. The summed E-state index contributed by atoms with van der Waals surface area (Å²) >= 11 is 1.35. The monoisotopic (exact) mass is 1480 g/mol. The number of carbonyl (C=O) groups is 5. The molecule has 2 amide bonds. The molecule has 0 radical (unpaired) electrons. The zero-order valence-corrected chi connectivity index (χ0v) is 62.3. The Morgan fingerprint density at radius 2 is 1.55 bits per heavy atom. The van der Waals surface area contributed by atoms with Gasteiger partial charge in [0.15, 0.2) is 24.3 Å². The highest BCUT2D eigenvalue weighted by Crippen LogP contribution is 2.51. The number of benzene rings is 2. The van der Waals surface area contributed by atoms with Crippen LogP contribution in [0.2, 0.25) is 0 Å². The van der Waals surface area contributed by atoms with Gasteiger partial charge in [-0.05, 0) is 132 Å². The number of aliphatic hydroxyl groups is 4. The van der Waals surface area contributed by atoms with Crippen LogP contribution in [0.5, 0.6) is 11.5 Å². The van der Waals surface area contributed by atoms with Crippen molar-refractivity contribution in [1.82, 2.24) is 30.1 Å². The van der Waals surface area contributed by atoms with Crippen LogP contribution in [0, 0.1) is 30.6 Å². The Hall–Kier alpha value is -5.98. The predicted octanol–water partition coefficient (Wildman–Crippen LogP) is 5.98. The number of methoxy groups -OCH3 is 2. The molecular weight excluding hydrogens is 1380 g/mol. The van der Waals surface area contributed by atoms with Gasteiger partial charge in [0.2, 0.25) is 11.8 Å². The lowest BCUT2D eigenvalue weighted by Gasteiger charge is -2.50. The molecule has 2 aromatic heterocycles. The van der Waals surface area contributed by atoms with E-state index in [9.17, 15) is 72.0 Å². The number of H-pyrrole nitrogens is 1. The quantitative estimate of drug-likeness (QED) is 0.0433. The summed E-state index contributed by atoms with van der Waals surface area (Å²) in [5, 5.41) is 66.7. The molecule has 5 aliphatic rings. The number of ketones is 1. The van der Waals surface area contributed by atoms with Crippen molar-refractivity contribution in [2.75, 3.05) is 34.9 Å². The van der Waals surface area contributed by atoms with Gasteiger partial charge in [-0.25, -0.2) is 9.78 Å². The number of aromatic nitrogens is 3. The molecule has 2 aromatic carbocycles. The van der Waals surface area contributed by atoms with Crippen LogP contribution in [-0.4, -0.2) is 237 Å². The highest BCUT2D eigenvalue weighted by atomic mass is 32.2. The number of phenols is 1. The van der Waals surface area contributed by atoms with Crippen molar-refractivity contribution < 1.29 is 110 Å². The summed E-state index contributed by atoms with van der Waals surface area (Å²) in [7, 11) is 5.25. The first kappa shape index (κ1) is 83.3. The van der Waals surface area contributed by atoms with Gasteiger partial charge < -0.3 is 94.4 Å². The molecule has 5 aliphatic heterocycles. The number of thioether (sulfide) groups is 1. The van der Waals surface area contributed by atoms with E-state index >= 15 is 0 Å². The Labute approximate surface area is 599 Å². The predicted molar refractivity (Wildman–Crippen MR) is 368 cm³/mol. The molecule has 570 valence electrons. The number of fused-ring (bicyclic) bond motifs is 2.